The number of nitrogens with two attached hydrogens (primary N) is 1. The zero-order valence-electron chi connectivity index (χ0n) is 10.2. The Hall–Kier alpha value is -1.60. The van der Waals surface area contributed by atoms with E-state index in [2.05, 4.69) is 0 Å². The molecule has 7 heteroatoms. The fourth-order valence-electron chi connectivity index (χ4n) is 2.01. The molecule has 1 aliphatic heterocycles. The molecule has 1 aliphatic carbocycles. The van der Waals surface area contributed by atoms with Crippen molar-refractivity contribution in [3.05, 3.63) is 23.8 Å². The Morgan fingerprint density at radius 2 is 2.11 bits per heavy atom. The lowest BCUT2D eigenvalue weighted by molar-refractivity contribution is 0.0500. The minimum absolute atomic E-state index is 0.0347. The van der Waals surface area contributed by atoms with Crippen molar-refractivity contribution in [2.75, 3.05) is 19.1 Å². The van der Waals surface area contributed by atoms with Gasteiger partial charge < -0.3 is 10.5 Å². The van der Waals surface area contributed by atoms with Crippen LogP contribution in [0.1, 0.15) is 23.2 Å². The molecule has 0 aromatic heterocycles. The molecular weight excluding hydrogens is 268 g/mol. The third kappa shape index (κ3) is 2.08. The minimum atomic E-state index is -3.82. The van der Waals surface area contributed by atoms with Gasteiger partial charge in [0.15, 0.2) is 0 Å². The fourth-order valence-corrected chi connectivity index (χ4v) is 3.49. The molecule has 0 unspecified atom stereocenters. The summed E-state index contributed by atoms with van der Waals surface area (Å²) < 4.78 is 30.5. The third-order valence-electron chi connectivity index (χ3n) is 3.29. The number of carbonyl (C=O) groups excluding carboxylic acids is 1. The van der Waals surface area contributed by atoms with Gasteiger partial charge in [-0.2, -0.15) is 0 Å². The lowest BCUT2D eigenvalue weighted by Gasteiger charge is -2.14. The van der Waals surface area contributed by atoms with E-state index in [0.29, 0.717) is 18.2 Å². The van der Waals surface area contributed by atoms with E-state index in [1.54, 1.807) is 0 Å². The quantitative estimate of drug-likeness (QED) is 0.825. The van der Waals surface area contributed by atoms with E-state index >= 15 is 0 Å². The molecule has 1 heterocycles. The minimum Gasteiger partial charge on any atom is -0.399 e. The smallest absolute Gasteiger partial charge is 0.271 e. The number of hydrogen-bond donors (Lipinski definition) is 1. The molecule has 102 valence electrons. The Balaban J connectivity index is 1.85. The molecule has 0 atom stereocenters. The van der Waals surface area contributed by atoms with Gasteiger partial charge in [0.05, 0.1) is 12.2 Å². The number of hydrogen-bond acceptors (Lipinski definition) is 5. The molecule has 2 N–H and O–H groups in total. The van der Waals surface area contributed by atoms with Gasteiger partial charge in [0.25, 0.3) is 15.9 Å². The van der Waals surface area contributed by atoms with Crippen LogP contribution in [0.5, 0.6) is 0 Å². The van der Waals surface area contributed by atoms with Crippen LogP contribution < -0.4 is 5.73 Å². The van der Waals surface area contributed by atoms with Crippen molar-refractivity contribution in [3.63, 3.8) is 0 Å². The van der Waals surface area contributed by atoms with E-state index in [4.69, 9.17) is 10.5 Å². The van der Waals surface area contributed by atoms with E-state index in [1.807, 2.05) is 0 Å². The van der Waals surface area contributed by atoms with E-state index in [1.165, 1.54) is 18.2 Å². The highest BCUT2D eigenvalue weighted by Crippen LogP contribution is 2.32. The fraction of sp³-hybridized carbons (Fsp3) is 0.417. The molecule has 2 aliphatic rings. The normalized spacial score (nSPS) is 20.6. The van der Waals surface area contributed by atoms with Gasteiger partial charge >= 0.3 is 0 Å². The molecule has 0 saturated heterocycles. The zero-order chi connectivity index (χ0) is 13.6. The molecule has 0 bridgehead atoms. The standard InChI is InChI=1S/C12H14N2O4S/c13-9-3-4-10-11(5-9)19(16,17)14(12(10)15)7-18-6-8-1-2-8/h3-5,8H,1-2,6-7,13H2. The first-order valence-electron chi connectivity index (χ1n) is 6.04. The van der Waals surface area contributed by atoms with Crippen molar-refractivity contribution in [2.45, 2.75) is 17.7 Å². The lowest BCUT2D eigenvalue weighted by atomic mass is 10.2. The third-order valence-corrected chi connectivity index (χ3v) is 5.03. The summed E-state index contributed by atoms with van der Waals surface area (Å²) in [5.41, 5.74) is 6.04. The number of amides is 1. The Morgan fingerprint density at radius 3 is 2.79 bits per heavy atom. The van der Waals surface area contributed by atoms with Gasteiger partial charge in [-0.1, -0.05) is 0 Å². The molecular formula is C12H14N2O4S. The van der Waals surface area contributed by atoms with Crippen LogP contribution in [0.25, 0.3) is 0 Å². The van der Waals surface area contributed by atoms with Crippen LogP contribution in [0.4, 0.5) is 5.69 Å². The first-order valence-corrected chi connectivity index (χ1v) is 7.48. The van der Waals surface area contributed by atoms with Crippen LogP contribution in [-0.4, -0.2) is 32.0 Å². The maximum absolute atomic E-state index is 12.2. The molecule has 19 heavy (non-hydrogen) atoms. The van der Waals surface area contributed by atoms with Crippen molar-refractivity contribution >= 4 is 21.6 Å². The maximum atomic E-state index is 12.2. The van der Waals surface area contributed by atoms with E-state index in [9.17, 15) is 13.2 Å². The summed E-state index contributed by atoms with van der Waals surface area (Å²) in [5.74, 6) is -0.0378. The van der Waals surface area contributed by atoms with Gasteiger partial charge in [-0.15, -0.1) is 0 Å². The Bertz CT molecular complexity index is 637. The van der Waals surface area contributed by atoms with Crippen molar-refractivity contribution < 1.29 is 17.9 Å². The summed E-state index contributed by atoms with van der Waals surface area (Å²) in [6.45, 7) is 0.268. The highest BCUT2D eigenvalue weighted by Gasteiger charge is 2.41. The zero-order valence-corrected chi connectivity index (χ0v) is 11.0. The van der Waals surface area contributed by atoms with Crippen LogP contribution in [0.15, 0.2) is 23.1 Å². The first kappa shape index (κ1) is 12.4. The average molecular weight is 282 g/mol. The second-order valence-corrected chi connectivity index (χ2v) is 6.69. The predicted molar refractivity (Wildman–Crippen MR) is 67.8 cm³/mol. The number of ether oxygens (including phenoxy) is 1. The molecule has 1 aromatic rings. The van der Waals surface area contributed by atoms with Crippen molar-refractivity contribution in [1.29, 1.82) is 0 Å². The van der Waals surface area contributed by atoms with Gasteiger partial charge in [0, 0.05) is 5.69 Å². The molecule has 3 rings (SSSR count). The maximum Gasteiger partial charge on any atom is 0.271 e. The van der Waals surface area contributed by atoms with Gasteiger partial charge in [-0.05, 0) is 37.0 Å². The number of nitrogen functional groups attached to an aromatic ring is 1. The first-order chi connectivity index (χ1) is 9.00. The monoisotopic (exact) mass is 282 g/mol. The van der Waals surface area contributed by atoms with Crippen LogP contribution in [0.3, 0.4) is 0 Å². The summed E-state index contributed by atoms with van der Waals surface area (Å²) in [7, 11) is -3.82. The summed E-state index contributed by atoms with van der Waals surface area (Å²) in [4.78, 5) is 12.0. The molecule has 0 spiro atoms. The predicted octanol–water partition coefficient (Wildman–Crippen LogP) is 0.797. The van der Waals surface area contributed by atoms with Crippen LogP contribution in [-0.2, 0) is 14.8 Å². The van der Waals surface area contributed by atoms with E-state index in [-0.39, 0.29) is 17.2 Å². The number of carbonyl (C=O) groups is 1. The molecule has 1 saturated carbocycles. The Kier molecular flexibility index (Phi) is 2.75. The van der Waals surface area contributed by atoms with Gasteiger partial charge in [-0.3, -0.25) is 4.79 Å². The van der Waals surface area contributed by atoms with E-state index in [0.717, 1.165) is 17.1 Å². The van der Waals surface area contributed by atoms with Crippen LogP contribution in [0, 0.1) is 5.92 Å². The average Bonchev–Trinajstić information content (AvgIpc) is 3.14. The Labute approximate surface area is 111 Å². The number of benzene rings is 1. The van der Waals surface area contributed by atoms with Gasteiger partial charge in [0.2, 0.25) is 0 Å². The van der Waals surface area contributed by atoms with E-state index < -0.39 is 15.9 Å². The topological polar surface area (TPSA) is 89.7 Å². The van der Waals surface area contributed by atoms with Crippen molar-refractivity contribution in [1.82, 2.24) is 4.31 Å². The second-order valence-electron chi connectivity index (χ2n) is 4.86. The number of sulfonamides is 1. The molecule has 1 amide bonds. The Morgan fingerprint density at radius 1 is 1.37 bits per heavy atom. The summed E-state index contributed by atoms with van der Waals surface area (Å²) in [6.07, 6.45) is 2.22. The molecule has 1 aromatic carbocycles. The summed E-state index contributed by atoms with van der Waals surface area (Å²) >= 11 is 0. The largest absolute Gasteiger partial charge is 0.399 e. The molecule has 0 radical (unpaired) electrons. The number of rotatable bonds is 4. The summed E-state index contributed by atoms with van der Waals surface area (Å²) in [6, 6.07) is 4.26. The van der Waals surface area contributed by atoms with Gasteiger partial charge in [-0.25, -0.2) is 12.7 Å². The van der Waals surface area contributed by atoms with Crippen molar-refractivity contribution in [2.24, 2.45) is 5.92 Å². The van der Waals surface area contributed by atoms with Crippen LogP contribution in [0.2, 0.25) is 0 Å². The molecule has 1 fully saturated rings. The summed E-state index contributed by atoms with van der Waals surface area (Å²) in [5, 5.41) is 0. The number of fused-ring (bicyclic) bond motifs is 1. The lowest BCUT2D eigenvalue weighted by Crippen LogP contribution is -2.32. The highest BCUT2D eigenvalue weighted by atomic mass is 32.2. The van der Waals surface area contributed by atoms with Crippen LogP contribution >= 0.6 is 0 Å². The number of anilines is 1. The molecule has 6 nitrogen and oxygen atoms in total. The van der Waals surface area contributed by atoms with Crippen molar-refractivity contribution in [3.8, 4) is 0 Å². The van der Waals surface area contributed by atoms with Gasteiger partial charge in [0.1, 0.15) is 11.6 Å². The SMILES string of the molecule is Nc1ccc2c(c1)S(=O)(=O)N(COCC1CC1)C2=O. The second kappa shape index (κ2) is 4.21. The number of nitrogens with zero attached hydrogens (tertiary/aromatic N) is 1. The highest BCUT2D eigenvalue weighted by molar-refractivity contribution is 7.90.